The first kappa shape index (κ1) is 8.01. The molecule has 2 heterocycles. The molecule has 0 fully saturated rings. The maximum atomic E-state index is 11.3. The quantitative estimate of drug-likeness (QED) is 0.759. The van der Waals surface area contributed by atoms with E-state index < -0.39 is 0 Å². The average molecular weight is 244 g/mol. The van der Waals surface area contributed by atoms with Crippen molar-refractivity contribution < 1.29 is 0 Å². The summed E-state index contributed by atoms with van der Waals surface area (Å²) in [6, 6.07) is 1.91. The van der Waals surface area contributed by atoms with Crippen LogP contribution in [0.15, 0.2) is 21.5 Å². The number of nitrogens with one attached hydrogen (secondary N) is 1. The van der Waals surface area contributed by atoms with Gasteiger partial charge in [0.15, 0.2) is 0 Å². The van der Waals surface area contributed by atoms with Crippen molar-refractivity contribution in [2.24, 2.45) is 0 Å². The van der Waals surface area contributed by atoms with Gasteiger partial charge in [-0.05, 0) is 28.9 Å². The van der Waals surface area contributed by atoms with E-state index in [4.69, 9.17) is 0 Å². The largest absolute Gasteiger partial charge is 0.328 e. The van der Waals surface area contributed by atoms with Gasteiger partial charge >= 0.3 is 0 Å². The Labute approximate surface area is 81.4 Å². The third-order valence-corrected chi connectivity index (χ3v) is 4.12. The highest BCUT2D eigenvalue weighted by Crippen LogP contribution is 2.32. The molecule has 12 heavy (non-hydrogen) atoms. The topological polar surface area (TPSA) is 32.9 Å². The lowest BCUT2D eigenvalue weighted by molar-refractivity contribution is 1.29. The highest BCUT2D eigenvalue weighted by atomic mass is 79.9. The molecule has 0 aliphatic rings. The van der Waals surface area contributed by atoms with E-state index in [1.807, 2.05) is 13.0 Å². The molecule has 2 rings (SSSR count). The first-order valence-electron chi connectivity index (χ1n) is 3.46. The Hall–Kier alpha value is -0.610. The molecule has 2 nitrogen and oxygen atoms in total. The molecule has 0 atom stereocenters. The number of pyridine rings is 1. The van der Waals surface area contributed by atoms with Crippen LogP contribution >= 0.6 is 27.3 Å². The smallest absolute Gasteiger partial charge is 0.265 e. The third-order valence-electron chi connectivity index (χ3n) is 1.72. The number of rotatable bonds is 0. The van der Waals surface area contributed by atoms with Gasteiger partial charge in [0.25, 0.3) is 5.56 Å². The van der Waals surface area contributed by atoms with E-state index in [9.17, 15) is 4.79 Å². The lowest BCUT2D eigenvalue weighted by Crippen LogP contribution is -2.01. The van der Waals surface area contributed by atoms with Crippen LogP contribution in [0.5, 0.6) is 0 Å². The fourth-order valence-electron chi connectivity index (χ4n) is 1.13. The molecule has 0 unspecified atom stereocenters. The SMILES string of the molecule is Cc1sc2c(=O)[nH]ccc2c1Br. The van der Waals surface area contributed by atoms with Gasteiger partial charge in [0.05, 0.1) is 0 Å². The molecule has 62 valence electrons. The van der Waals surface area contributed by atoms with Gasteiger partial charge in [0.2, 0.25) is 0 Å². The van der Waals surface area contributed by atoms with Gasteiger partial charge in [-0.3, -0.25) is 4.79 Å². The molecule has 2 aromatic heterocycles. The standard InChI is InChI=1S/C8H6BrNOS/c1-4-6(9)5-2-3-10-8(11)7(5)12-4/h2-3H,1H3,(H,10,11). The van der Waals surface area contributed by atoms with Crippen LogP contribution in [-0.4, -0.2) is 4.98 Å². The summed E-state index contributed by atoms with van der Waals surface area (Å²) < 4.78 is 1.83. The first-order chi connectivity index (χ1) is 5.70. The number of hydrogen-bond donors (Lipinski definition) is 1. The number of hydrogen-bond acceptors (Lipinski definition) is 2. The summed E-state index contributed by atoms with van der Waals surface area (Å²) in [6.45, 7) is 1.99. The summed E-state index contributed by atoms with van der Waals surface area (Å²) in [5.74, 6) is 0. The van der Waals surface area contributed by atoms with Crippen LogP contribution in [0.2, 0.25) is 0 Å². The lowest BCUT2D eigenvalue weighted by Gasteiger charge is -1.87. The Morgan fingerprint density at radius 3 is 3.00 bits per heavy atom. The van der Waals surface area contributed by atoms with Crippen LogP contribution < -0.4 is 5.56 Å². The van der Waals surface area contributed by atoms with Crippen molar-refractivity contribution in [2.45, 2.75) is 6.92 Å². The van der Waals surface area contributed by atoms with Crippen molar-refractivity contribution in [1.82, 2.24) is 4.98 Å². The molecule has 0 aromatic carbocycles. The molecule has 2 aromatic rings. The molecule has 0 saturated carbocycles. The molecule has 0 aliphatic carbocycles. The van der Waals surface area contributed by atoms with Crippen LogP contribution in [0.3, 0.4) is 0 Å². The number of aryl methyl sites for hydroxylation is 1. The highest BCUT2D eigenvalue weighted by molar-refractivity contribution is 9.10. The van der Waals surface area contributed by atoms with Crippen molar-refractivity contribution in [3.63, 3.8) is 0 Å². The number of fused-ring (bicyclic) bond motifs is 1. The maximum absolute atomic E-state index is 11.3. The van der Waals surface area contributed by atoms with Crippen molar-refractivity contribution in [1.29, 1.82) is 0 Å². The van der Waals surface area contributed by atoms with Crippen molar-refractivity contribution in [3.8, 4) is 0 Å². The number of thiophene rings is 1. The Morgan fingerprint density at radius 1 is 1.58 bits per heavy atom. The zero-order valence-corrected chi connectivity index (χ0v) is 8.75. The molecular weight excluding hydrogens is 238 g/mol. The Bertz CT molecular complexity index is 485. The molecule has 0 spiro atoms. The lowest BCUT2D eigenvalue weighted by atomic mass is 10.3. The van der Waals surface area contributed by atoms with Gasteiger partial charge in [0, 0.05) is 20.9 Å². The van der Waals surface area contributed by atoms with Crippen LogP contribution in [0, 0.1) is 6.92 Å². The van der Waals surface area contributed by atoms with E-state index in [1.54, 1.807) is 6.20 Å². The van der Waals surface area contributed by atoms with Gasteiger partial charge in [-0.2, -0.15) is 0 Å². The second-order valence-electron chi connectivity index (χ2n) is 2.52. The monoisotopic (exact) mass is 243 g/mol. The van der Waals surface area contributed by atoms with Crippen molar-refractivity contribution in [3.05, 3.63) is 32.0 Å². The molecule has 0 aliphatic heterocycles. The zero-order valence-electron chi connectivity index (χ0n) is 6.35. The molecular formula is C8H6BrNOS. The summed E-state index contributed by atoms with van der Waals surface area (Å²) in [5, 5.41) is 1.00. The number of H-pyrrole nitrogens is 1. The van der Waals surface area contributed by atoms with E-state index in [0.717, 1.165) is 19.4 Å². The predicted molar refractivity (Wildman–Crippen MR) is 54.9 cm³/mol. The zero-order chi connectivity index (χ0) is 8.72. The van der Waals surface area contributed by atoms with E-state index in [1.165, 1.54) is 11.3 Å². The number of aromatic nitrogens is 1. The highest BCUT2D eigenvalue weighted by Gasteiger charge is 2.07. The molecule has 0 amide bonds. The van der Waals surface area contributed by atoms with Gasteiger partial charge in [-0.15, -0.1) is 11.3 Å². The fraction of sp³-hybridized carbons (Fsp3) is 0.125. The van der Waals surface area contributed by atoms with E-state index in [0.29, 0.717) is 0 Å². The van der Waals surface area contributed by atoms with E-state index >= 15 is 0 Å². The summed E-state index contributed by atoms with van der Waals surface area (Å²) in [5.41, 5.74) is -0.00806. The Morgan fingerprint density at radius 2 is 2.33 bits per heavy atom. The van der Waals surface area contributed by atoms with Crippen LogP contribution in [0.1, 0.15) is 4.88 Å². The van der Waals surface area contributed by atoms with Gasteiger partial charge in [-0.25, -0.2) is 0 Å². The normalized spacial score (nSPS) is 10.8. The summed E-state index contributed by atoms with van der Waals surface area (Å²) in [6.07, 6.45) is 1.67. The average Bonchev–Trinajstić information content (AvgIpc) is 2.32. The molecule has 1 N–H and O–H groups in total. The van der Waals surface area contributed by atoms with Crippen LogP contribution in [0.4, 0.5) is 0 Å². The second-order valence-corrected chi connectivity index (χ2v) is 4.54. The minimum Gasteiger partial charge on any atom is -0.328 e. The summed E-state index contributed by atoms with van der Waals surface area (Å²) in [4.78, 5) is 15.1. The Kier molecular flexibility index (Phi) is 1.81. The first-order valence-corrected chi connectivity index (χ1v) is 5.07. The van der Waals surface area contributed by atoms with E-state index in [-0.39, 0.29) is 5.56 Å². The second kappa shape index (κ2) is 2.71. The van der Waals surface area contributed by atoms with E-state index in [2.05, 4.69) is 20.9 Å². The number of aromatic amines is 1. The maximum Gasteiger partial charge on any atom is 0.265 e. The molecule has 4 heteroatoms. The third kappa shape index (κ3) is 1.03. The van der Waals surface area contributed by atoms with Gasteiger partial charge in [0.1, 0.15) is 4.70 Å². The van der Waals surface area contributed by atoms with Gasteiger partial charge in [-0.1, -0.05) is 0 Å². The number of halogens is 1. The Balaban J connectivity index is 3.05. The van der Waals surface area contributed by atoms with Crippen molar-refractivity contribution >= 4 is 37.4 Å². The molecule has 0 bridgehead atoms. The molecule has 0 radical (unpaired) electrons. The van der Waals surface area contributed by atoms with Gasteiger partial charge < -0.3 is 4.98 Å². The predicted octanol–water partition coefficient (Wildman–Crippen LogP) is 2.66. The minimum atomic E-state index is -0.00806. The fourth-order valence-corrected chi connectivity index (χ4v) is 2.77. The van der Waals surface area contributed by atoms with Crippen molar-refractivity contribution in [2.75, 3.05) is 0 Å². The molecule has 0 saturated heterocycles. The van der Waals surface area contributed by atoms with Crippen LogP contribution in [-0.2, 0) is 0 Å². The minimum absolute atomic E-state index is 0.00806. The summed E-state index contributed by atoms with van der Waals surface area (Å²) in [7, 11) is 0. The summed E-state index contributed by atoms with van der Waals surface area (Å²) >= 11 is 4.96. The van der Waals surface area contributed by atoms with Crippen LogP contribution in [0.25, 0.3) is 10.1 Å².